The molecule has 8 heteroatoms. The van der Waals surface area contributed by atoms with E-state index in [1.54, 1.807) is 29.2 Å². The Morgan fingerprint density at radius 3 is 2.41 bits per heavy atom. The molecule has 0 saturated carbocycles. The van der Waals surface area contributed by atoms with E-state index in [1.807, 2.05) is 0 Å². The molecule has 0 bridgehead atoms. The van der Waals surface area contributed by atoms with Crippen molar-refractivity contribution in [1.82, 2.24) is 0 Å². The molecule has 0 atom stereocenters. The third kappa shape index (κ3) is 5.00. The van der Waals surface area contributed by atoms with E-state index < -0.39 is 12.6 Å². The highest BCUT2D eigenvalue weighted by molar-refractivity contribution is 6.34. The van der Waals surface area contributed by atoms with E-state index in [0.717, 1.165) is 6.42 Å². The summed E-state index contributed by atoms with van der Waals surface area (Å²) >= 11 is 6.17. The molecule has 1 saturated heterocycles. The number of amides is 2. The molecule has 150 valence electrons. The van der Waals surface area contributed by atoms with Crippen molar-refractivity contribution in [2.24, 2.45) is 0 Å². The SMILES string of the molecule is CC(=O)Nc1ccc(C(=O)COC(=O)c2ccc(Cl)c(N3CCCC3=O)c2)cc1. The zero-order chi connectivity index (χ0) is 21.0. The van der Waals surface area contributed by atoms with Crippen LogP contribution in [-0.4, -0.2) is 36.7 Å². The van der Waals surface area contributed by atoms with Crippen LogP contribution in [-0.2, 0) is 14.3 Å². The maximum Gasteiger partial charge on any atom is 0.338 e. The van der Waals surface area contributed by atoms with Gasteiger partial charge in [-0.2, -0.15) is 0 Å². The molecule has 29 heavy (non-hydrogen) atoms. The van der Waals surface area contributed by atoms with Crippen LogP contribution in [0.2, 0.25) is 5.02 Å². The lowest BCUT2D eigenvalue weighted by Gasteiger charge is -2.18. The molecule has 3 rings (SSSR count). The molecule has 2 amide bonds. The topological polar surface area (TPSA) is 92.8 Å². The van der Waals surface area contributed by atoms with E-state index in [4.69, 9.17) is 16.3 Å². The summed E-state index contributed by atoms with van der Waals surface area (Å²) in [6, 6.07) is 10.8. The number of esters is 1. The van der Waals surface area contributed by atoms with Crippen LogP contribution in [0.1, 0.15) is 40.5 Å². The predicted molar refractivity (Wildman–Crippen MR) is 108 cm³/mol. The van der Waals surface area contributed by atoms with Gasteiger partial charge in [0.25, 0.3) is 0 Å². The van der Waals surface area contributed by atoms with Gasteiger partial charge in [0.2, 0.25) is 11.8 Å². The molecule has 1 fully saturated rings. The van der Waals surface area contributed by atoms with E-state index >= 15 is 0 Å². The summed E-state index contributed by atoms with van der Waals surface area (Å²) < 4.78 is 5.12. The number of rotatable bonds is 6. The van der Waals surface area contributed by atoms with Gasteiger partial charge in [-0.25, -0.2) is 4.79 Å². The number of carbonyl (C=O) groups excluding carboxylic acids is 4. The third-order valence-corrected chi connectivity index (χ3v) is 4.73. The zero-order valence-corrected chi connectivity index (χ0v) is 16.5. The van der Waals surface area contributed by atoms with Crippen molar-refractivity contribution >= 4 is 46.5 Å². The van der Waals surface area contributed by atoms with Crippen LogP contribution >= 0.6 is 11.6 Å². The highest BCUT2D eigenvalue weighted by atomic mass is 35.5. The molecule has 1 heterocycles. The lowest BCUT2D eigenvalue weighted by atomic mass is 10.1. The fourth-order valence-corrected chi connectivity index (χ4v) is 3.21. The van der Waals surface area contributed by atoms with Crippen molar-refractivity contribution in [3.63, 3.8) is 0 Å². The summed E-state index contributed by atoms with van der Waals surface area (Å²) in [5.41, 5.74) is 1.59. The molecule has 0 unspecified atom stereocenters. The monoisotopic (exact) mass is 414 g/mol. The molecule has 0 aromatic heterocycles. The normalized spacial score (nSPS) is 13.3. The number of ketones is 1. The van der Waals surface area contributed by atoms with Gasteiger partial charge in [0, 0.05) is 31.1 Å². The van der Waals surface area contributed by atoms with Crippen LogP contribution in [0.5, 0.6) is 0 Å². The minimum atomic E-state index is -0.683. The highest BCUT2D eigenvalue weighted by Crippen LogP contribution is 2.30. The fraction of sp³-hybridized carbons (Fsp3) is 0.238. The first-order valence-electron chi connectivity index (χ1n) is 9.03. The molecule has 0 radical (unpaired) electrons. The molecular weight excluding hydrogens is 396 g/mol. The molecule has 2 aromatic carbocycles. The first-order chi connectivity index (χ1) is 13.8. The lowest BCUT2D eigenvalue weighted by Crippen LogP contribution is -2.24. The Balaban J connectivity index is 1.64. The van der Waals surface area contributed by atoms with Gasteiger partial charge in [0.05, 0.1) is 16.3 Å². The highest BCUT2D eigenvalue weighted by Gasteiger charge is 2.25. The second-order valence-electron chi connectivity index (χ2n) is 6.57. The minimum absolute atomic E-state index is 0.0460. The largest absolute Gasteiger partial charge is 0.454 e. The standard InChI is InChI=1S/C21H19ClN2O5/c1-13(25)23-16-7-4-14(5-8-16)19(26)12-29-21(28)15-6-9-17(22)18(11-15)24-10-2-3-20(24)27/h4-9,11H,2-3,10,12H2,1H3,(H,23,25). The van der Waals surface area contributed by atoms with Gasteiger partial charge in [0.1, 0.15) is 0 Å². The summed E-state index contributed by atoms with van der Waals surface area (Å²) in [7, 11) is 0. The molecule has 1 aliphatic rings. The molecule has 1 N–H and O–H groups in total. The molecule has 7 nitrogen and oxygen atoms in total. The van der Waals surface area contributed by atoms with Crippen molar-refractivity contribution in [3.05, 3.63) is 58.6 Å². The number of benzene rings is 2. The minimum Gasteiger partial charge on any atom is -0.454 e. The zero-order valence-electron chi connectivity index (χ0n) is 15.7. The Bertz CT molecular complexity index is 972. The number of nitrogens with zero attached hydrogens (tertiary/aromatic N) is 1. The Kier molecular flexibility index (Phi) is 6.29. The number of nitrogens with one attached hydrogen (secondary N) is 1. The number of anilines is 2. The number of Topliss-reactive ketones (excluding diaryl/α,β-unsaturated/α-hetero) is 1. The van der Waals surface area contributed by atoms with Gasteiger partial charge < -0.3 is 15.0 Å². The van der Waals surface area contributed by atoms with E-state index in [0.29, 0.717) is 34.9 Å². The smallest absolute Gasteiger partial charge is 0.338 e. The average Bonchev–Trinajstić information content (AvgIpc) is 3.12. The Morgan fingerprint density at radius 1 is 1.10 bits per heavy atom. The summed E-state index contributed by atoms with van der Waals surface area (Å²) in [6.45, 7) is 1.50. The van der Waals surface area contributed by atoms with Crippen molar-refractivity contribution in [2.45, 2.75) is 19.8 Å². The van der Waals surface area contributed by atoms with Crippen molar-refractivity contribution < 1.29 is 23.9 Å². The van der Waals surface area contributed by atoms with Crippen molar-refractivity contribution in [1.29, 1.82) is 0 Å². The van der Waals surface area contributed by atoms with Gasteiger partial charge in [-0.1, -0.05) is 11.6 Å². The van der Waals surface area contributed by atoms with E-state index in [-0.39, 0.29) is 23.2 Å². The number of halogens is 1. The molecule has 0 aliphatic carbocycles. The maximum absolute atomic E-state index is 12.3. The number of hydrogen-bond donors (Lipinski definition) is 1. The molecule has 0 spiro atoms. The first kappa shape index (κ1) is 20.5. The van der Waals surface area contributed by atoms with Crippen LogP contribution in [0.25, 0.3) is 0 Å². The third-order valence-electron chi connectivity index (χ3n) is 4.41. The summed E-state index contributed by atoms with van der Waals surface area (Å²) in [4.78, 5) is 49.1. The molecule has 2 aromatic rings. The van der Waals surface area contributed by atoms with E-state index in [2.05, 4.69) is 5.32 Å². The first-order valence-corrected chi connectivity index (χ1v) is 9.41. The van der Waals surface area contributed by atoms with Crippen molar-refractivity contribution in [2.75, 3.05) is 23.4 Å². The Morgan fingerprint density at radius 2 is 1.79 bits per heavy atom. The second-order valence-corrected chi connectivity index (χ2v) is 6.98. The van der Waals surface area contributed by atoms with Crippen LogP contribution < -0.4 is 10.2 Å². The van der Waals surface area contributed by atoms with Gasteiger partial charge in [0.15, 0.2) is 12.4 Å². The Labute approximate surface area is 172 Å². The number of ether oxygens (including phenoxy) is 1. The summed E-state index contributed by atoms with van der Waals surface area (Å²) in [5, 5.41) is 2.97. The van der Waals surface area contributed by atoms with Crippen LogP contribution in [0.4, 0.5) is 11.4 Å². The molecular formula is C21H19ClN2O5. The van der Waals surface area contributed by atoms with Crippen LogP contribution in [0.3, 0.4) is 0 Å². The van der Waals surface area contributed by atoms with Gasteiger partial charge in [-0.3, -0.25) is 14.4 Å². The van der Waals surface area contributed by atoms with Crippen LogP contribution in [0.15, 0.2) is 42.5 Å². The van der Waals surface area contributed by atoms with E-state index in [1.165, 1.54) is 25.1 Å². The fourth-order valence-electron chi connectivity index (χ4n) is 2.99. The maximum atomic E-state index is 12.3. The quantitative estimate of drug-likeness (QED) is 0.577. The number of hydrogen-bond acceptors (Lipinski definition) is 5. The number of carbonyl (C=O) groups is 4. The summed E-state index contributed by atoms with van der Waals surface area (Å²) in [6.07, 6.45) is 1.18. The summed E-state index contributed by atoms with van der Waals surface area (Å²) in [5.74, 6) is -1.32. The van der Waals surface area contributed by atoms with Gasteiger partial charge in [-0.05, 0) is 48.9 Å². The van der Waals surface area contributed by atoms with Crippen molar-refractivity contribution in [3.8, 4) is 0 Å². The van der Waals surface area contributed by atoms with Gasteiger partial charge in [-0.15, -0.1) is 0 Å². The predicted octanol–water partition coefficient (Wildman–Crippen LogP) is 3.46. The Hall–Kier alpha value is -3.19. The molecule has 1 aliphatic heterocycles. The van der Waals surface area contributed by atoms with Gasteiger partial charge >= 0.3 is 5.97 Å². The second kappa shape index (κ2) is 8.87. The lowest BCUT2D eigenvalue weighted by molar-refractivity contribution is -0.117. The van der Waals surface area contributed by atoms with Crippen LogP contribution in [0, 0.1) is 0 Å². The van der Waals surface area contributed by atoms with E-state index in [9.17, 15) is 19.2 Å². The average molecular weight is 415 g/mol.